The van der Waals surface area contributed by atoms with Crippen molar-refractivity contribution in [2.24, 2.45) is 0 Å². The number of methoxy groups -OCH3 is 1. The lowest BCUT2D eigenvalue weighted by Crippen LogP contribution is -2.36. The third-order valence-corrected chi connectivity index (χ3v) is 4.08. The van der Waals surface area contributed by atoms with E-state index < -0.39 is 0 Å². The van der Waals surface area contributed by atoms with Gasteiger partial charge in [0, 0.05) is 31.0 Å². The van der Waals surface area contributed by atoms with E-state index in [9.17, 15) is 0 Å². The van der Waals surface area contributed by atoms with Crippen LogP contribution in [0, 0.1) is 0 Å². The number of hydrogen-bond acceptors (Lipinski definition) is 4. The van der Waals surface area contributed by atoms with Gasteiger partial charge in [-0.1, -0.05) is 0 Å². The van der Waals surface area contributed by atoms with Crippen molar-refractivity contribution in [1.82, 2.24) is 10.3 Å². The average molecular weight is 240 g/mol. The van der Waals surface area contributed by atoms with Crippen molar-refractivity contribution in [2.75, 3.05) is 7.11 Å². The van der Waals surface area contributed by atoms with E-state index in [1.165, 1.54) is 23.5 Å². The number of nitrogens with one attached hydrogen (secondary N) is 1. The second kappa shape index (κ2) is 5.25. The molecule has 0 spiro atoms. The summed E-state index contributed by atoms with van der Waals surface area (Å²) in [5.41, 5.74) is 1.30. The van der Waals surface area contributed by atoms with Crippen molar-refractivity contribution >= 4 is 11.3 Å². The second-order valence-electron chi connectivity index (χ2n) is 4.55. The highest BCUT2D eigenvalue weighted by molar-refractivity contribution is 7.09. The van der Waals surface area contributed by atoms with E-state index in [0.717, 1.165) is 12.5 Å². The second-order valence-corrected chi connectivity index (χ2v) is 5.49. The van der Waals surface area contributed by atoms with Gasteiger partial charge in [0.05, 0.1) is 11.8 Å². The first-order valence-corrected chi connectivity index (χ1v) is 6.79. The van der Waals surface area contributed by atoms with Crippen LogP contribution in [0.25, 0.3) is 0 Å². The Hall–Kier alpha value is -0.450. The Balaban J connectivity index is 1.79. The van der Waals surface area contributed by atoms with Crippen molar-refractivity contribution in [3.8, 4) is 0 Å². The normalized spacial score (nSPS) is 19.7. The van der Waals surface area contributed by atoms with Gasteiger partial charge >= 0.3 is 0 Å². The van der Waals surface area contributed by atoms with Crippen LogP contribution in [0.3, 0.4) is 0 Å². The van der Waals surface area contributed by atoms with Crippen molar-refractivity contribution in [2.45, 2.75) is 51.3 Å². The van der Waals surface area contributed by atoms with E-state index in [0.29, 0.717) is 6.04 Å². The third-order valence-electron chi connectivity index (χ3n) is 3.22. The van der Waals surface area contributed by atoms with Gasteiger partial charge in [0.2, 0.25) is 0 Å². The highest BCUT2D eigenvalue weighted by Gasteiger charge is 2.25. The Morgan fingerprint density at radius 1 is 1.56 bits per heavy atom. The highest BCUT2D eigenvalue weighted by atomic mass is 32.1. The first kappa shape index (κ1) is 12.0. The summed E-state index contributed by atoms with van der Waals surface area (Å²) in [5, 5.41) is 6.84. The molecule has 0 aromatic carbocycles. The van der Waals surface area contributed by atoms with E-state index in [1.54, 1.807) is 18.4 Å². The monoisotopic (exact) mass is 240 g/mol. The molecule has 1 aliphatic rings. The maximum absolute atomic E-state index is 5.27. The summed E-state index contributed by atoms with van der Waals surface area (Å²) in [6.07, 6.45) is 2.89. The standard InChI is InChI=1S/C12H20N2OS/c1-8(9(2)15-3)13-6-12-14-11(7-16-12)10-4-5-10/h7-10,13H,4-6H2,1-3H3. The smallest absolute Gasteiger partial charge is 0.107 e. The zero-order valence-electron chi connectivity index (χ0n) is 10.2. The molecule has 16 heavy (non-hydrogen) atoms. The van der Waals surface area contributed by atoms with E-state index in [2.05, 4.69) is 29.5 Å². The zero-order valence-corrected chi connectivity index (χ0v) is 11.0. The van der Waals surface area contributed by atoms with Crippen LogP contribution in [-0.4, -0.2) is 24.2 Å². The molecule has 2 atom stereocenters. The average Bonchev–Trinajstić information content (AvgIpc) is 3.05. The molecule has 0 amide bonds. The minimum atomic E-state index is 0.239. The molecule has 1 N–H and O–H groups in total. The van der Waals surface area contributed by atoms with Crippen molar-refractivity contribution in [3.63, 3.8) is 0 Å². The lowest BCUT2D eigenvalue weighted by atomic mass is 10.2. The van der Waals surface area contributed by atoms with Crippen LogP contribution in [0.5, 0.6) is 0 Å². The van der Waals surface area contributed by atoms with Gasteiger partial charge in [-0.15, -0.1) is 11.3 Å². The fraction of sp³-hybridized carbons (Fsp3) is 0.750. The van der Waals surface area contributed by atoms with Crippen molar-refractivity contribution < 1.29 is 4.74 Å². The molecular formula is C12H20N2OS. The Bertz CT molecular complexity index is 336. The van der Waals surface area contributed by atoms with Gasteiger partial charge in [0.1, 0.15) is 5.01 Å². The molecule has 1 aromatic rings. The Labute approximate surface area is 101 Å². The first-order chi connectivity index (χ1) is 7.70. The summed E-state index contributed by atoms with van der Waals surface area (Å²) in [5.74, 6) is 0.764. The lowest BCUT2D eigenvalue weighted by molar-refractivity contribution is 0.0882. The maximum Gasteiger partial charge on any atom is 0.107 e. The predicted octanol–water partition coefficient (Wildman–Crippen LogP) is 2.53. The number of rotatable bonds is 6. The summed E-state index contributed by atoms with van der Waals surface area (Å²) < 4.78 is 5.27. The third kappa shape index (κ3) is 3.03. The minimum Gasteiger partial charge on any atom is -0.380 e. The molecule has 1 saturated carbocycles. The van der Waals surface area contributed by atoms with Crippen LogP contribution in [0.2, 0.25) is 0 Å². The summed E-state index contributed by atoms with van der Waals surface area (Å²) in [7, 11) is 1.75. The molecular weight excluding hydrogens is 220 g/mol. The van der Waals surface area contributed by atoms with Gasteiger partial charge in [0.15, 0.2) is 0 Å². The molecule has 0 aliphatic heterocycles. The largest absolute Gasteiger partial charge is 0.380 e. The SMILES string of the molecule is COC(C)C(C)NCc1nc(C2CC2)cs1. The topological polar surface area (TPSA) is 34.1 Å². The van der Waals surface area contributed by atoms with Crippen molar-refractivity contribution in [1.29, 1.82) is 0 Å². The van der Waals surface area contributed by atoms with Crippen LogP contribution in [0.4, 0.5) is 0 Å². The predicted molar refractivity (Wildman–Crippen MR) is 66.9 cm³/mol. The van der Waals surface area contributed by atoms with Crippen LogP contribution in [0.1, 0.15) is 43.3 Å². The molecule has 0 bridgehead atoms. The lowest BCUT2D eigenvalue weighted by Gasteiger charge is -2.19. The summed E-state index contributed by atoms with van der Waals surface area (Å²) in [6, 6.07) is 0.360. The van der Waals surface area contributed by atoms with E-state index in [4.69, 9.17) is 4.74 Å². The Morgan fingerprint density at radius 2 is 2.31 bits per heavy atom. The van der Waals surface area contributed by atoms with Gasteiger partial charge in [-0.05, 0) is 26.7 Å². The molecule has 1 heterocycles. The highest BCUT2D eigenvalue weighted by Crippen LogP contribution is 2.40. The number of nitrogens with zero attached hydrogens (tertiary/aromatic N) is 1. The summed E-state index contributed by atoms with van der Waals surface area (Å²) in [4.78, 5) is 4.64. The fourth-order valence-corrected chi connectivity index (χ4v) is 2.42. The summed E-state index contributed by atoms with van der Waals surface area (Å²) in [6.45, 7) is 5.07. The summed E-state index contributed by atoms with van der Waals surface area (Å²) >= 11 is 1.76. The van der Waals surface area contributed by atoms with E-state index >= 15 is 0 Å². The van der Waals surface area contributed by atoms with Gasteiger partial charge < -0.3 is 10.1 Å². The van der Waals surface area contributed by atoms with Crippen LogP contribution < -0.4 is 5.32 Å². The number of ether oxygens (including phenoxy) is 1. The minimum absolute atomic E-state index is 0.239. The van der Waals surface area contributed by atoms with Crippen LogP contribution in [0.15, 0.2) is 5.38 Å². The molecule has 90 valence electrons. The molecule has 3 nitrogen and oxygen atoms in total. The molecule has 1 fully saturated rings. The van der Waals surface area contributed by atoms with E-state index in [1.807, 2.05) is 0 Å². The molecule has 2 unspecified atom stereocenters. The van der Waals surface area contributed by atoms with Gasteiger partial charge in [-0.2, -0.15) is 0 Å². The van der Waals surface area contributed by atoms with Crippen molar-refractivity contribution in [3.05, 3.63) is 16.1 Å². The Morgan fingerprint density at radius 3 is 2.94 bits per heavy atom. The fourth-order valence-electron chi connectivity index (χ4n) is 1.59. The molecule has 0 saturated heterocycles. The number of thiazole rings is 1. The quantitative estimate of drug-likeness (QED) is 0.829. The molecule has 1 aliphatic carbocycles. The van der Waals surface area contributed by atoms with Crippen LogP contribution >= 0.6 is 11.3 Å². The van der Waals surface area contributed by atoms with Gasteiger partial charge in [0.25, 0.3) is 0 Å². The molecule has 1 aromatic heterocycles. The van der Waals surface area contributed by atoms with Gasteiger partial charge in [-0.3, -0.25) is 0 Å². The molecule has 0 radical (unpaired) electrons. The number of hydrogen-bond donors (Lipinski definition) is 1. The van der Waals surface area contributed by atoms with Crippen LogP contribution in [-0.2, 0) is 11.3 Å². The maximum atomic E-state index is 5.27. The Kier molecular flexibility index (Phi) is 3.95. The zero-order chi connectivity index (χ0) is 11.5. The first-order valence-electron chi connectivity index (χ1n) is 5.91. The number of aromatic nitrogens is 1. The van der Waals surface area contributed by atoms with Gasteiger partial charge in [-0.25, -0.2) is 4.98 Å². The molecule has 2 rings (SSSR count). The van der Waals surface area contributed by atoms with E-state index in [-0.39, 0.29) is 6.10 Å². The molecule has 4 heteroatoms.